The molecule has 3 nitrogen and oxygen atoms in total. The Morgan fingerprint density at radius 1 is 1.20 bits per heavy atom. The quantitative estimate of drug-likeness (QED) is 0.323. The van der Waals surface area contributed by atoms with Crippen LogP contribution in [-0.2, 0) is 4.53 Å². The van der Waals surface area contributed by atoms with Gasteiger partial charge in [-0.05, 0) is 5.04 Å². The third-order valence-corrected chi connectivity index (χ3v) is 6.62. The molecule has 15 heavy (non-hydrogen) atoms. The summed E-state index contributed by atoms with van der Waals surface area (Å²) in [5.74, 6) is 0. The zero-order valence-electron chi connectivity index (χ0n) is 9.47. The maximum Gasteiger partial charge on any atom is 0.475 e. The van der Waals surface area contributed by atoms with Crippen molar-refractivity contribution in [2.75, 3.05) is 0 Å². The van der Waals surface area contributed by atoms with Crippen molar-refractivity contribution in [1.29, 1.82) is 0 Å². The van der Waals surface area contributed by atoms with Crippen LogP contribution in [0.3, 0.4) is 0 Å². The Kier molecular flexibility index (Phi) is 3.84. The molecular formula is C8H16F3NO2Si. The minimum Gasteiger partial charge on any atom is -0.443 e. The van der Waals surface area contributed by atoms with Gasteiger partial charge in [0.25, 0.3) is 0 Å². The minimum atomic E-state index is -4.65. The van der Waals surface area contributed by atoms with Gasteiger partial charge in [0.05, 0.1) is 0 Å². The van der Waals surface area contributed by atoms with E-state index in [1.54, 1.807) is 13.1 Å². The van der Waals surface area contributed by atoms with Crippen molar-refractivity contribution >= 4 is 14.5 Å². The summed E-state index contributed by atoms with van der Waals surface area (Å²) in [4.78, 5) is -0.475. The van der Waals surface area contributed by atoms with Crippen LogP contribution in [0.5, 0.6) is 0 Å². The molecule has 0 saturated heterocycles. The summed E-state index contributed by atoms with van der Waals surface area (Å²) < 4.78 is 40.3. The molecule has 90 valence electrons. The first-order chi connectivity index (χ1) is 6.35. The number of hydrogen-bond donors (Lipinski definition) is 0. The first-order valence-electron chi connectivity index (χ1n) is 4.43. The molecule has 0 N–H and O–H groups in total. The Hall–Kier alpha value is -0.723. The highest BCUT2D eigenvalue weighted by atomic mass is 28.4. The second-order valence-electron chi connectivity index (χ2n) is 4.81. The Balaban J connectivity index is 4.69. The molecule has 0 rings (SSSR count). The lowest BCUT2D eigenvalue weighted by Crippen LogP contribution is -2.43. The molecule has 0 aromatic rings. The summed E-state index contributed by atoms with van der Waals surface area (Å²) in [6.07, 6.45) is -5.07. The van der Waals surface area contributed by atoms with Gasteiger partial charge in [0.1, 0.15) is 0 Å². The van der Waals surface area contributed by atoms with E-state index in [2.05, 4.69) is 0 Å². The molecule has 0 aromatic carbocycles. The molecule has 0 aliphatic heterocycles. The smallest absolute Gasteiger partial charge is 0.443 e. The monoisotopic (exact) mass is 243 g/mol. The van der Waals surface area contributed by atoms with Crippen LogP contribution in [0.1, 0.15) is 20.8 Å². The molecule has 0 aromatic heterocycles. The van der Waals surface area contributed by atoms with Crippen LogP contribution in [-0.4, -0.2) is 25.6 Å². The molecule has 0 unspecified atom stereocenters. The molecule has 0 heterocycles. The van der Waals surface area contributed by atoms with Crippen LogP contribution in [0.15, 0.2) is 0 Å². The van der Waals surface area contributed by atoms with Gasteiger partial charge in [-0.25, -0.2) is 0 Å². The first-order valence-corrected chi connectivity index (χ1v) is 7.34. The molecule has 0 aliphatic rings. The van der Waals surface area contributed by atoms with Gasteiger partial charge < -0.3 is 4.53 Å². The van der Waals surface area contributed by atoms with Gasteiger partial charge in [0, 0.05) is 4.90 Å². The molecule has 0 saturated carbocycles. The Morgan fingerprint density at radius 3 is 1.87 bits per heavy atom. The highest BCUT2D eigenvalue weighted by molar-refractivity contribution is 6.73. The summed E-state index contributed by atoms with van der Waals surface area (Å²) in [5.41, 5.74) is 0. The summed E-state index contributed by atoms with van der Waals surface area (Å²) in [6, 6.07) is 0. The normalized spacial score (nSPS) is 15.3. The second-order valence-corrected chi connectivity index (χ2v) is 9.51. The molecule has 0 amide bonds. The van der Waals surface area contributed by atoms with Crippen molar-refractivity contribution in [1.82, 2.24) is 0 Å². The topological polar surface area (TPSA) is 35.3 Å². The maximum atomic E-state index is 11.8. The average molecular weight is 243 g/mol. The zero-order valence-corrected chi connectivity index (χ0v) is 10.5. The zero-order chi connectivity index (χ0) is 12.5. The predicted octanol–water partition coefficient (Wildman–Crippen LogP) is 3.07. The lowest BCUT2D eigenvalue weighted by molar-refractivity contribution is -0.704. The number of nitrogens with zero attached hydrogens (tertiary/aromatic N) is 1. The van der Waals surface area contributed by atoms with Gasteiger partial charge in [0.15, 0.2) is 8.32 Å². The van der Waals surface area contributed by atoms with Gasteiger partial charge in [-0.3, -0.25) is 5.21 Å². The lowest BCUT2D eigenvalue weighted by Gasteiger charge is -2.37. The van der Waals surface area contributed by atoms with Gasteiger partial charge in [0.2, 0.25) is 0 Å². The second kappa shape index (κ2) is 4.03. The Bertz CT molecular complexity index is 256. The fraction of sp³-hybridized carbons (Fsp3) is 0.875. The first kappa shape index (κ1) is 14.3. The molecular weight excluding hydrogens is 227 g/mol. The lowest BCUT2D eigenvalue weighted by atomic mass is 10.2. The van der Waals surface area contributed by atoms with E-state index in [0.717, 1.165) is 0 Å². The van der Waals surface area contributed by atoms with E-state index in [1.807, 2.05) is 20.8 Å². The Morgan fingerprint density at radius 2 is 1.60 bits per heavy atom. The summed E-state index contributed by atoms with van der Waals surface area (Å²) in [5, 5.41) is 10.6. The van der Waals surface area contributed by atoms with Gasteiger partial charge in [-0.15, -0.1) is 0 Å². The van der Waals surface area contributed by atoms with Crippen LogP contribution in [0.25, 0.3) is 0 Å². The van der Waals surface area contributed by atoms with E-state index < -0.39 is 25.6 Å². The fourth-order valence-electron chi connectivity index (χ4n) is 0.508. The molecule has 0 fully saturated rings. The molecule has 7 heteroatoms. The van der Waals surface area contributed by atoms with Gasteiger partial charge in [-0.1, -0.05) is 33.9 Å². The van der Waals surface area contributed by atoms with Crippen molar-refractivity contribution in [3.63, 3.8) is 0 Å². The largest absolute Gasteiger partial charge is 0.475 e. The fourth-order valence-corrected chi connectivity index (χ4v) is 1.28. The number of rotatable bonds is 2. The SMILES string of the molecule is CC(C)(C)[Si](C)(C)O/[N+]([O-])=C/C(F)(F)F. The third kappa shape index (κ3) is 5.05. The number of hydrogen-bond acceptors (Lipinski definition) is 2. The van der Waals surface area contributed by atoms with E-state index in [0.29, 0.717) is 0 Å². The molecule has 0 radical (unpaired) electrons. The maximum absolute atomic E-state index is 11.8. The van der Waals surface area contributed by atoms with Gasteiger partial charge >= 0.3 is 12.4 Å². The summed E-state index contributed by atoms with van der Waals surface area (Å²) >= 11 is 0. The minimum absolute atomic E-state index is 0.310. The van der Waals surface area contributed by atoms with Crippen molar-refractivity contribution in [2.45, 2.75) is 45.1 Å². The van der Waals surface area contributed by atoms with Crippen LogP contribution in [0.4, 0.5) is 13.2 Å². The molecule has 0 aliphatic carbocycles. The highest BCUT2D eigenvalue weighted by Gasteiger charge is 2.38. The average Bonchev–Trinajstić information content (AvgIpc) is 1.75. The molecule has 0 atom stereocenters. The summed E-state index contributed by atoms with van der Waals surface area (Å²) in [7, 11) is -2.49. The highest BCUT2D eigenvalue weighted by Crippen LogP contribution is 2.36. The number of alkyl halides is 3. The van der Waals surface area contributed by atoms with E-state index >= 15 is 0 Å². The van der Waals surface area contributed by atoms with Crippen molar-refractivity contribution in [2.24, 2.45) is 0 Å². The van der Waals surface area contributed by atoms with Crippen LogP contribution in [0, 0.1) is 5.21 Å². The number of halogens is 3. The summed E-state index contributed by atoms with van der Waals surface area (Å²) in [6.45, 7) is 8.90. The van der Waals surface area contributed by atoms with E-state index in [9.17, 15) is 18.4 Å². The third-order valence-electron chi connectivity index (χ3n) is 2.38. The van der Waals surface area contributed by atoms with E-state index in [4.69, 9.17) is 4.53 Å². The Labute approximate surface area is 88.2 Å². The van der Waals surface area contributed by atoms with E-state index in [1.165, 1.54) is 0 Å². The van der Waals surface area contributed by atoms with E-state index in [-0.39, 0.29) is 5.04 Å². The van der Waals surface area contributed by atoms with Crippen LogP contribution >= 0.6 is 0 Å². The molecule has 0 bridgehead atoms. The predicted molar refractivity (Wildman–Crippen MR) is 54.0 cm³/mol. The van der Waals surface area contributed by atoms with Crippen molar-refractivity contribution < 1.29 is 22.6 Å². The standard InChI is InChI=1S/C8H16F3NO2Si/c1-7(2,3)15(4,5)14-12(13)6-8(9,10)11/h6H,1-5H3/b12-6+. The van der Waals surface area contributed by atoms with Crippen LogP contribution in [0.2, 0.25) is 18.1 Å². The van der Waals surface area contributed by atoms with Crippen molar-refractivity contribution in [3.05, 3.63) is 5.21 Å². The molecule has 0 spiro atoms. The van der Waals surface area contributed by atoms with Gasteiger partial charge in [-0.2, -0.15) is 13.2 Å². The van der Waals surface area contributed by atoms with Crippen molar-refractivity contribution in [3.8, 4) is 0 Å². The van der Waals surface area contributed by atoms with Crippen LogP contribution < -0.4 is 0 Å².